The number of carbonyl (C=O) groups is 1. The summed E-state index contributed by atoms with van der Waals surface area (Å²) in [6.07, 6.45) is 7.42. The first-order valence-electron chi connectivity index (χ1n) is 10.4. The number of likely N-dealkylation sites (N-methyl/N-ethyl adjacent to an activating group) is 1. The molecule has 1 N–H and O–H groups in total. The Morgan fingerprint density at radius 3 is 2.90 bits per heavy atom. The molecular formula is C22H28N4O3. The van der Waals surface area contributed by atoms with Crippen LogP contribution in [0.3, 0.4) is 0 Å². The minimum absolute atomic E-state index is 0.101. The molecule has 0 bridgehead atoms. The summed E-state index contributed by atoms with van der Waals surface area (Å²) in [5.74, 6) is 2.32. The van der Waals surface area contributed by atoms with Crippen LogP contribution >= 0.6 is 0 Å². The molecule has 0 aromatic carbocycles. The Balaban J connectivity index is 1.57. The second-order valence-corrected chi connectivity index (χ2v) is 8.09. The Kier molecular flexibility index (Phi) is 5.76. The molecule has 7 heteroatoms. The molecule has 2 aliphatic rings. The zero-order valence-electron chi connectivity index (χ0n) is 17.1. The van der Waals surface area contributed by atoms with Crippen LogP contribution in [-0.4, -0.2) is 52.6 Å². The first kappa shape index (κ1) is 19.8. The number of rotatable bonds is 7. The number of ketones is 1. The van der Waals surface area contributed by atoms with Crippen LogP contribution in [0, 0.1) is 5.92 Å². The van der Waals surface area contributed by atoms with Gasteiger partial charge in [-0.15, -0.1) is 0 Å². The van der Waals surface area contributed by atoms with Crippen molar-refractivity contribution in [2.24, 2.45) is 5.92 Å². The number of hydrogen-bond donors (Lipinski definition) is 1. The third kappa shape index (κ3) is 4.24. The van der Waals surface area contributed by atoms with E-state index in [4.69, 9.17) is 14.7 Å². The molecular weight excluding hydrogens is 368 g/mol. The number of ether oxygens (including phenoxy) is 1. The fourth-order valence-electron chi connectivity index (χ4n) is 4.46. The van der Waals surface area contributed by atoms with Crippen molar-refractivity contribution < 1.29 is 14.6 Å². The molecule has 0 spiro atoms. The van der Waals surface area contributed by atoms with E-state index in [2.05, 4.69) is 4.98 Å². The van der Waals surface area contributed by atoms with Crippen molar-refractivity contribution in [1.82, 2.24) is 15.0 Å². The van der Waals surface area contributed by atoms with Crippen LogP contribution in [0.4, 0.5) is 5.82 Å². The van der Waals surface area contributed by atoms with E-state index in [1.807, 2.05) is 18.0 Å². The van der Waals surface area contributed by atoms with E-state index in [-0.39, 0.29) is 24.3 Å². The van der Waals surface area contributed by atoms with Gasteiger partial charge in [-0.1, -0.05) is 6.42 Å². The van der Waals surface area contributed by atoms with Gasteiger partial charge in [0, 0.05) is 37.0 Å². The lowest BCUT2D eigenvalue weighted by atomic mass is 9.99. The van der Waals surface area contributed by atoms with Gasteiger partial charge in [0.05, 0.1) is 19.8 Å². The molecule has 2 aromatic rings. The minimum atomic E-state index is -0.335. The SMILES string of the molecule is COc1ccnc(-c2nc3c(c(N(C)CC(=O)C[C@@H]4CCC[C@@H]4O)n2)CCC3)c1. The molecule has 2 aliphatic carbocycles. The van der Waals surface area contributed by atoms with Crippen molar-refractivity contribution in [2.75, 3.05) is 25.6 Å². The predicted molar refractivity (Wildman–Crippen MR) is 110 cm³/mol. The summed E-state index contributed by atoms with van der Waals surface area (Å²) in [5.41, 5.74) is 2.84. The summed E-state index contributed by atoms with van der Waals surface area (Å²) in [6, 6.07) is 3.62. The number of aryl methyl sites for hydroxylation is 1. The topological polar surface area (TPSA) is 88.4 Å². The highest BCUT2D eigenvalue weighted by atomic mass is 16.5. The monoisotopic (exact) mass is 396 g/mol. The zero-order valence-corrected chi connectivity index (χ0v) is 17.1. The maximum absolute atomic E-state index is 12.6. The lowest BCUT2D eigenvalue weighted by molar-refractivity contribution is -0.119. The number of aromatic nitrogens is 3. The van der Waals surface area contributed by atoms with Crippen molar-refractivity contribution in [3.8, 4) is 17.3 Å². The van der Waals surface area contributed by atoms with Crippen molar-refractivity contribution in [1.29, 1.82) is 0 Å². The molecule has 0 radical (unpaired) electrons. The fourth-order valence-corrected chi connectivity index (χ4v) is 4.46. The van der Waals surface area contributed by atoms with Gasteiger partial charge in [0.25, 0.3) is 0 Å². The molecule has 1 saturated carbocycles. The van der Waals surface area contributed by atoms with Gasteiger partial charge >= 0.3 is 0 Å². The minimum Gasteiger partial charge on any atom is -0.497 e. The Morgan fingerprint density at radius 1 is 1.28 bits per heavy atom. The van der Waals surface area contributed by atoms with Crippen molar-refractivity contribution >= 4 is 11.6 Å². The van der Waals surface area contributed by atoms with E-state index in [1.54, 1.807) is 19.4 Å². The summed E-state index contributed by atoms with van der Waals surface area (Å²) in [5, 5.41) is 10.0. The molecule has 0 saturated heterocycles. The third-order valence-electron chi connectivity index (χ3n) is 5.99. The van der Waals surface area contributed by atoms with Crippen molar-refractivity contribution in [2.45, 2.75) is 51.0 Å². The zero-order chi connectivity index (χ0) is 20.4. The van der Waals surface area contributed by atoms with Gasteiger partial charge in [0.15, 0.2) is 11.6 Å². The normalized spacial score (nSPS) is 20.5. The Labute approximate surface area is 171 Å². The molecule has 154 valence electrons. The average molecular weight is 396 g/mol. The number of fused-ring (bicyclic) bond motifs is 1. The van der Waals surface area contributed by atoms with E-state index in [9.17, 15) is 9.90 Å². The maximum atomic E-state index is 12.6. The maximum Gasteiger partial charge on any atom is 0.180 e. The second-order valence-electron chi connectivity index (χ2n) is 8.09. The molecule has 0 unspecified atom stereocenters. The molecule has 2 heterocycles. The fraction of sp³-hybridized carbons (Fsp3) is 0.545. The van der Waals surface area contributed by atoms with Crippen molar-refractivity contribution in [3.63, 3.8) is 0 Å². The van der Waals surface area contributed by atoms with Gasteiger partial charge in [-0.2, -0.15) is 0 Å². The van der Waals surface area contributed by atoms with E-state index >= 15 is 0 Å². The smallest absolute Gasteiger partial charge is 0.180 e. The van der Waals surface area contributed by atoms with Crippen LogP contribution in [0.25, 0.3) is 11.5 Å². The van der Waals surface area contributed by atoms with E-state index in [0.717, 1.165) is 55.6 Å². The number of anilines is 1. The molecule has 4 rings (SSSR count). The number of Topliss-reactive ketones (excluding diaryl/α,β-unsaturated/α-hetero) is 1. The lowest BCUT2D eigenvalue weighted by Crippen LogP contribution is -2.30. The molecule has 0 aliphatic heterocycles. The van der Waals surface area contributed by atoms with Gasteiger partial charge in [0.2, 0.25) is 0 Å². The molecule has 1 fully saturated rings. The number of aliphatic hydroxyl groups excluding tert-OH is 1. The molecule has 0 amide bonds. The van der Waals surface area contributed by atoms with Crippen LogP contribution in [0.5, 0.6) is 5.75 Å². The summed E-state index contributed by atoms with van der Waals surface area (Å²) in [4.78, 5) is 28.5. The molecule has 2 aromatic heterocycles. The van der Waals surface area contributed by atoms with Gasteiger partial charge in [-0.05, 0) is 44.1 Å². The second kappa shape index (κ2) is 8.45. The third-order valence-corrected chi connectivity index (χ3v) is 5.99. The van der Waals surface area contributed by atoms with Gasteiger partial charge < -0.3 is 14.7 Å². The molecule has 29 heavy (non-hydrogen) atoms. The summed E-state index contributed by atoms with van der Waals surface area (Å²) in [7, 11) is 3.53. The Hall–Kier alpha value is -2.54. The quantitative estimate of drug-likeness (QED) is 0.769. The number of nitrogens with zero attached hydrogens (tertiary/aromatic N) is 4. The summed E-state index contributed by atoms with van der Waals surface area (Å²) < 4.78 is 5.30. The van der Waals surface area contributed by atoms with Gasteiger partial charge in [-0.25, -0.2) is 9.97 Å². The highest BCUT2D eigenvalue weighted by Crippen LogP contribution is 2.32. The summed E-state index contributed by atoms with van der Waals surface area (Å²) >= 11 is 0. The largest absolute Gasteiger partial charge is 0.497 e. The van der Waals surface area contributed by atoms with Crippen LogP contribution in [0.2, 0.25) is 0 Å². The number of hydrogen-bond acceptors (Lipinski definition) is 7. The van der Waals surface area contributed by atoms with Gasteiger partial charge in [-0.3, -0.25) is 9.78 Å². The summed E-state index contributed by atoms with van der Waals surface area (Å²) in [6.45, 7) is 0.289. The van der Waals surface area contributed by atoms with Gasteiger partial charge in [0.1, 0.15) is 17.3 Å². The van der Waals surface area contributed by atoms with Crippen LogP contribution in [-0.2, 0) is 17.6 Å². The number of carbonyl (C=O) groups excluding carboxylic acids is 1. The first-order valence-corrected chi connectivity index (χ1v) is 10.4. The van der Waals surface area contributed by atoms with E-state index < -0.39 is 0 Å². The predicted octanol–water partition coefficient (Wildman–Crippen LogP) is 2.59. The Bertz CT molecular complexity index is 902. The van der Waals surface area contributed by atoms with Crippen molar-refractivity contribution in [3.05, 3.63) is 29.6 Å². The average Bonchev–Trinajstić information content (AvgIpc) is 3.36. The molecule has 7 nitrogen and oxygen atoms in total. The highest BCUT2D eigenvalue weighted by molar-refractivity contribution is 5.83. The van der Waals surface area contributed by atoms with E-state index in [1.165, 1.54) is 0 Å². The standard InChI is InChI=1S/C22H28N4O3/c1-26(13-15(27)11-14-5-3-8-20(14)28)22-17-6-4-7-18(17)24-21(25-22)19-12-16(29-2)9-10-23-19/h9-10,12,14,20,28H,3-8,11,13H2,1-2H3/t14-,20-/m0/s1. The molecule has 2 atom stereocenters. The number of methoxy groups -OCH3 is 1. The van der Waals surface area contributed by atoms with Crippen LogP contribution < -0.4 is 9.64 Å². The number of aliphatic hydroxyl groups is 1. The number of pyridine rings is 1. The van der Waals surface area contributed by atoms with Crippen LogP contribution in [0.15, 0.2) is 18.3 Å². The lowest BCUT2D eigenvalue weighted by Gasteiger charge is -2.22. The first-order chi connectivity index (χ1) is 14.0. The van der Waals surface area contributed by atoms with Crippen LogP contribution in [0.1, 0.15) is 43.4 Å². The Morgan fingerprint density at radius 2 is 2.14 bits per heavy atom. The van der Waals surface area contributed by atoms with E-state index in [0.29, 0.717) is 23.7 Å². The highest BCUT2D eigenvalue weighted by Gasteiger charge is 2.28.